The largest absolute Gasteiger partial charge is 0.299 e. The van der Waals surface area contributed by atoms with Gasteiger partial charge in [-0.1, -0.05) is 47.6 Å². The Bertz CT molecular complexity index is 690. The molecule has 0 aliphatic heterocycles. The Kier molecular flexibility index (Phi) is 5.93. The summed E-state index contributed by atoms with van der Waals surface area (Å²) in [5.74, 6) is 0.000509. The predicted molar refractivity (Wildman–Crippen MR) is 99.2 cm³/mol. The van der Waals surface area contributed by atoms with Crippen LogP contribution in [-0.2, 0) is 11.2 Å². The molecule has 0 fully saturated rings. The summed E-state index contributed by atoms with van der Waals surface area (Å²) in [5, 5.41) is 0. The van der Waals surface area contributed by atoms with Crippen LogP contribution in [0, 0.1) is 5.41 Å². The Hall–Kier alpha value is -1.96. The van der Waals surface area contributed by atoms with Gasteiger partial charge in [-0.3, -0.25) is 9.59 Å². The van der Waals surface area contributed by atoms with Crippen molar-refractivity contribution in [2.24, 2.45) is 5.41 Å². The van der Waals surface area contributed by atoms with E-state index in [2.05, 4.69) is 32.9 Å². The zero-order valence-electron chi connectivity index (χ0n) is 15.3. The number of ketones is 2. The average molecular weight is 324 g/mol. The van der Waals surface area contributed by atoms with Crippen LogP contribution in [-0.4, -0.2) is 11.6 Å². The second-order valence-electron chi connectivity index (χ2n) is 7.20. The Morgan fingerprint density at radius 2 is 1.83 bits per heavy atom. The van der Waals surface area contributed by atoms with Crippen LogP contribution in [0.5, 0.6) is 0 Å². The number of hydrogen-bond donors (Lipinski definition) is 0. The van der Waals surface area contributed by atoms with E-state index in [0.717, 1.165) is 30.4 Å². The number of aryl methyl sites for hydroxylation is 1. The van der Waals surface area contributed by atoms with Gasteiger partial charge >= 0.3 is 0 Å². The van der Waals surface area contributed by atoms with Crippen molar-refractivity contribution in [1.29, 1.82) is 0 Å². The summed E-state index contributed by atoms with van der Waals surface area (Å²) in [6, 6.07) is 7.70. The number of carbonyl (C=O) groups is 2. The molecule has 1 aromatic carbocycles. The Balaban J connectivity index is 2.20. The van der Waals surface area contributed by atoms with Gasteiger partial charge in [0.05, 0.1) is 5.41 Å². The molecule has 1 atom stereocenters. The van der Waals surface area contributed by atoms with E-state index in [1.165, 1.54) is 11.1 Å². The summed E-state index contributed by atoms with van der Waals surface area (Å²) in [4.78, 5) is 25.4. The van der Waals surface area contributed by atoms with Crippen molar-refractivity contribution in [3.63, 3.8) is 0 Å². The molecule has 0 N–H and O–H groups in total. The first kappa shape index (κ1) is 18.4. The lowest BCUT2D eigenvalue weighted by Crippen LogP contribution is -2.41. The molecule has 0 spiro atoms. The summed E-state index contributed by atoms with van der Waals surface area (Å²) < 4.78 is 0. The van der Waals surface area contributed by atoms with E-state index in [-0.39, 0.29) is 11.6 Å². The summed E-state index contributed by atoms with van der Waals surface area (Å²) in [6.45, 7) is 7.86. The van der Waals surface area contributed by atoms with Gasteiger partial charge in [0, 0.05) is 5.56 Å². The van der Waals surface area contributed by atoms with E-state index < -0.39 is 5.41 Å². The summed E-state index contributed by atoms with van der Waals surface area (Å²) in [6.07, 6.45) is 8.25. The van der Waals surface area contributed by atoms with Crippen molar-refractivity contribution in [3.8, 4) is 0 Å². The topological polar surface area (TPSA) is 34.1 Å². The molecule has 0 radical (unpaired) electrons. The zero-order chi connectivity index (χ0) is 17.7. The number of hydrogen-bond acceptors (Lipinski definition) is 2. The number of fused-ring (bicyclic) bond motifs is 1. The maximum Gasteiger partial charge on any atom is 0.176 e. The number of rotatable bonds is 6. The van der Waals surface area contributed by atoms with Gasteiger partial charge in [0.2, 0.25) is 0 Å². The molecular formula is C22H28O2. The van der Waals surface area contributed by atoms with Gasteiger partial charge in [-0.2, -0.15) is 0 Å². The van der Waals surface area contributed by atoms with Crippen LogP contribution >= 0.6 is 0 Å². The normalized spacial score (nSPS) is 20.5. The second-order valence-corrected chi connectivity index (χ2v) is 7.20. The third-order valence-electron chi connectivity index (χ3n) is 5.08. The second kappa shape index (κ2) is 7.74. The minimum absolute atomic E-state index is 0.00430. The highest BCUT2D eigenvalue weighted by molar-refractivity contribution is 6.15. The van der Waals surface area contributed by atoms with Gasteiger partial charge in [0.15, 0.2) is 5.78 Å². The van der Waals surface area contributed by atoms with Crippen molar-refractivity contribution in [3.05, 3.63) is 58.7 Å². The van der Waals surface area contributed by atoms with E-state index >= 15 is 0 Å². The van der Waals surface area contributed by atoms with Crippen LogP contribution < -0.4 is 0 Å². The molecule has 0 saturated carbocycles. The predicted octanol–water partition coefficient (Wildman–Crippen LogP) is 5.47. The molecule has 0 bridgehead atoms. The van der Waals surface area contributed by atoms with Crippen LogP contribution in [0.4, 0.5) is 0 Å². The monoisotopic (exact) mass is 324 g/mol. The number of Topliss-reactive ketones (excluding diaryl/α,β-unsaturated/α-hetero) is 2. The molecule has 2 nitrogen and oxygen atoms in total. The minimum Gasteiger partial charge on any atom is -0.299 e. The highest BCUT2D eigenvalue weighted by Gasteiger charge is 2.45. The highest BCUT2D eigenvalue weighted by Crippen LogP contribution is 2.40. The highest BCUT2D eigenvalue weighted by atomic mass is 16.2. The SMILES string of the molecule is CC(=O)C1(C/C=C(\C)CCC=C(C)C)CCc2ccccc2C1=O. The van der Waals surface area contributed by atoms with Crippen LogP contribution in [0.25, 0.3) is 0 Å². The zero-order valence-corrected chi connectivity index (χ0v) is 15.3. The fourth-order valence-corrected chi connectivity index (χ4v) is 3.39. The molecule has 0 amide bonds. The summed E-state index contributed by atoms with van der Waals surface area (Å²) in [7, 11) is 0. The molecule has 2 heteroatoms. The summed E-state index contributed by atoms with van der Waals surface area (Å²) >= 11 is 0. The molecule has 128 valence electrons. The number of carbonyl (C=O) groups excluding carboxylic acids is 2. The fraction of sp³-hybridized carbons (Fsp3) is 0.455. The van der Waals surface area contributed by atoms with Gasteiger partial charge in [0.25, 0.3) is 0 Å². The van der Waals surface area contributed by atoms with Gasteiger partial charge in [-0.15, -0.1) is 0 Å². The standard InChI is InChI=1S/C22H28O2/c1-16(2)8-7-9-17(3)12-14-22(18(4)23)15-13-19-10-5-6-11-20(19)21(22)24/h5-6,8,10-12H,7,9,13-15H2,1-4H3/b17-12+. The summed E-state index contributed by atoms with van der Waals surface area (Å²) in [5.41, 5.74) is 3.51. The maximum atomic E-state index is 13.0. The Labute approximate surface area is 145 Å². The molecule has 24 heavy (non-hydrogen) atoms. The average Bonchev–Trinajstić information content (AvgIpc) is 2.54. The third-order valence-corrected chi connectivity index (χ3v) is 5.08. The minimum atomic E-state index is -0.869. The van der Waals surface area contributed by atoms with E-state index in [0.29, 0.717) is 12.8 Å². The quantitative estimate of drug-likeness (QED) is 0.513. The molecule has 1 aromatic rings. The van der Waals surface area contributed by atoms with Gasteiger partial charge < -0.3 is 0 Å². The molecule has 0 heterocycles. The number of allylic oxidation sites excluding steroid dienone is 4. The van der Waals surface area contributed by atoms with Crippen LogP contribution in [0.2, 0.25) is 0 Å². The van der Waals surface area contributed by atoms with Crippen LogP contribution in [0.3, 0.4) is 0 Å². The van der Waals surface area contributed by atoms with Crippen molar-refractivity contribution in [2.75, 3.05) is 0 Å². The molecule has 0 saturated heterocycles. The van der Waals surface area contributed by atoms with Crippen molar-refractivity contribution >= 4 is 11.6 Å². The van der Waals surface area contributed by atoms with Gasteiger partial charge in [-0.05, 0) is 65.4 Å². The van der Waals surface area contributed by atoms with Crippen molar-refractivity contribution < 1.29 is 9.59 Å². The van der Waals surface area contributed by atoms with E-state index in [1.807, 2.05) is 24.3 Å². The lowest BCUT2D eigenvalue weighted by Gasteiger charge is -2.34. The molecular weight excluding hydrogens is 296 g/mol. The lowest BCUT2D eigenvalue weighted by molar-refractivity contribution is -0.124. The van der Waals surface area contributed by atoms with E-state index in [4.69, 9.17) is 0 Å². The Morgan fingerprint density at radius 1 is 1.12 bits per heavy atom. The van der Waals surface area contributed by atoms with Gasteiger partial charge in [-0.25, -0.2) is 0 Å². The molecule has 0 aromatic heterocycles. The first-order chi connectivity index (χ1) is 11.4. The smallest absolute Gasteiger partial charge is 0.176 e. The molecule has 1 aliphatic rings. The molecule has 1 aliphatic carbocycles. The first-order valence-electron chi connectivity index (χ1n) is 8.79. The third kappa shape index (κ3) is 3.92. The van der Waals surface area contributed by atoms with Gasteiger partial charge in [0.1, 0.15) is 5.78 Å². The van der Waals surface area contributed by atoms with E-state index in [1.54, 1.807) is 6.92 Å². The van der Waals surface area contributed by atoms with E-state index in [9.17, 15) is 9.59 Å². The Morgan fingerprint density at radius 3 is 2.50 bits per heavy atom. The first-order valence-corrected chi connectivity index (χ1v) is 8.79. The fourth-order valence-electron chi connectivity index (χ4n) is 3.39. The number of benzene rings is 1. The van der Waals surface area contributed by atoms with Crippen LogP contribution in [0.15, 0.2) is 47.6 Å². The maximum absolute atomic E-state index is 13.0. The molecule has 1 unspecified atom stereocenters. The lowest BCUT2D eigenvalue weighted by atomic mass is 9.66. The van der Waals surface area contributed by atoms with Crippen molar-refractivity contribution in [1.82, 2.24) is 0 Å². The van der Waals surface area contributed by atoms with Crippen LogP contribution in [0.1, 0.15) is 69.3 Å². The van der Waals surface area contributed by atoms with Crippen molar-refractivity contribution in [2.45, 2.75) is 59.8 Å². The molecule has 2 rings (SSSR count).